The van der Waals surface area contributed by atoms with E-state index in [1.54, 1.807) is 16.6 Å². The Morgan fingerprint density at radius 1 is 1.24 bits per heavy atom. The van der Waals surface area contributed by atoms with E-state index in [0.29, 0.717) is 25.2 Å². The maximum atomic E-state index is 12.6. The zero-order valence-electron chi connectivity index (χ0n) is 12.9. The fourth-order valence-electron chi connectivity index (χ4n) is 2.67. The summed E-state index contributed by atoms with van der Waals surface area (Å²) < 4.78 is 1.64. The lowest BCUT2D eigenvalue weighted by Gasteiger charge is -2.38. The third kappa shape index (κ3) is 3.22. The van der Waals surface area contributed by atoms with Crippen LogP contribution in [0.4, 0.5) is 0 Å². The van der Waals surface area contributed by atoms with Crippen LogP contribution < -0.4 is 5.32 Å². The average Bonchev–Trinajstić information content (AvgIpc) is 2.85. The molecule has 0 spiro atoms. The number of nitrogens with zero attached hydrogens (tertiary/aromatic N) is 4. The SMILES string of the molecule is CCCC1NC(=O)C(CCC)N(Cc2ncnn2C)C1=O. The van der Waals surface area contributed by atoms with Crippen LogP contribution in [0.3, 0.4) is 0 Å². The largest absolute Gasteiger partial charge is 0.343 e. The van der Waals surface area contributed by atoms with Crippen molar-refractivity contribution in [2.24, 2.45) is 7.05 Å². The summed E-state index contributed by atoms with van der Waals surface area (Å²) in [4.78, 5) is 30.7. The van der Waals surface area contributed by atoms with Gasteiger partial charge in [-0.3, -0.25) is 14.3 Å². The Morgan fingerprint density at radius 2 is 1.95 bits per heavy atom. The predicted octanol–water partition coefficient (Wildman–Crippen LogP) is 0.611. The van der Waals surface area contributed by atoms with Gasteiger partial charge in [-0.2, -0.15) is 5.10 Å². The lowest BCUT2D eigenvalue weighted by Crippen LogP contribution is -2.62. The van der Waals surface area contributed by atoms with Crippen LogP contribution in [0.15, 0.2) is 6.33 Å². The summed E-state index contributed by atoms with van der Waals surface area (Å²) in [5.41, 5.74) is 0. The molecule has 21 heavy (non-hydrogen) atoms. The van der Waals surface area contributed by atoms with Crippen LogP contribution in [-0.2, 0) is 23.2 Å². The summed E-state index contributed by atoms with van der Waals surface area (Å²) in [7, 11) is 1.79. The van der Waals surface area contributed by atoms with Gasteiger partial charge in [0, 0.05) is 7.05 Å². The van der Waals surface area contributed by atoms with Gasteiger partial charge < -0.3 is 10.2 Å². The Hall–Kier alpha value is -1.92. The van der Waals surface area contributed by atoms with Crippen LogP contribution in [0.5, 0.6) is 0 Å². The Bertz CT molecular complexity index is 513. The van der Waals surface area contributed by atoms with Gasteiger partial charge in [-0.05, 0) is 12.8 Å². The van der Waals surface area contributed by atoms with E-state index in [4.69, 9.17) is 0 Å². The predicted molar refractivity (Wildman–Crippen MR) is 77.1 cm³/mol. The van der Waals surface area contributed by atoms with Crippen molar-refractivity contribution >= 4 is 11.8 Å². The van der Waals surface area contributed by atoms with Crippen molar-refractivity contribution in [3.63, 3.8) is 0 Å². The lowest BCUT2D eigenvalue weighted by molar-refractivity contribution is -0.150. The van der Waals surface area contributed by atoms with E-state index in [-0.39, 0.29) is 11.8 Å². The second-order valence-corrected chi connectivity index (χ2v) is 5.42. The van der Waals surface area contributed by atoms with Gasteiger partial charge in [-0.1, -0.05) is 26.7 Å². The topological polar surface area (TPSA) is 80.1 Å². The summed E-state index contributed by atoms with van der Waals surface area (Å²) in [5, 5.41) is 6.87. The number of nitrogens with one attached hydrogen (secondary N) is 1. The first kappa shape index (κ1) is 15.5. The number of piperazine rings is 1. The molecule has 1 N–H and O–H groups in total. The number of rotatable bonds is 6. The summed E-state index contributed by atoms with van der Waals surface area (Å²) in [6.45, 7) is 4.34. The molecule has 0 aromatic carbocycles. The zero-order chi connectivity index (χ0) is 15.4. The highest BCUT2D eigenvalue weighted by molar-refractivity contribution is 5.96. The Balaban J connectivity index is 2.23. The number of hydrogen-bond donors (Lipinski definition) is 1. The number of aromatic nitrogens is 3. The molecule has 1 saturated heterocycles. The molecule has 2 unspecified atom stereocenters. The lowest BCUT2D eigenvalue weighted by atomic mass is 10.0. The highest BCUT2D eigenvalue weighted by Crippen LogP contribution is 2.19. The Morgan fingerprint density at radius 3 is 2.52 bits per heavy atom. The summed E-state index contributed by atoms with van der Waals surface area (Å²) in [5.74, 6) is 0.615. The van der Waals surface area contributed by atoms with E-state index in [9.17, 15) is 9.59 Å². The molecule has 0 radical (unpaired) electrons. The van der Waals surface area contributed by atoms with Gasteiger partial charge in [0.1, 0.15) is 24.2 Å². The van der Waals surface area contributed by atoms with E-state index < -0.39 is 12.1 Å². The van der Waals surface area contributed by atoms with E-state index in [0.717, 1.165) is 12.8 Å². The van der Waals surface area contributed by atoms with Crippen molar-refractivity contribution < 1.29 is 9.59 Å². The summed E-state index contributed by atoms with van der Waals surface area (Å²) in [6, 6.07) is -0.823. The van der Waals surface area contributed by atoms with Gasteiger partial charge >= 0.3 is 0 Å². The molecule has 116 valence electrons. The molecule has 0 saturated carbocycles. The zero-order valence-corrected chi connectivity index (χ0v) is 12.9. The molecular formula is C14H23N5O2. The molecule has 1 fully saturated rings. The van der Waals surface area contributed by atoms with E-state index in [1.165, 1.54) is 6.33 Å². The first-order valence-corrected chi connectivity index (χ1v) is 7.52. The highest BCUT2D eigenvalue weighted by Gasteiger charge is 2.39. The van der Waals surface area contributed by atoms with Crippen LogP contribution in [0.1, 0.15) is 45.4 Å². The fraction of sp³-hybridized carbons (Fsp3) is 0.714. The Kier molecular flexibility index (Phi) is 4.93. The minimum atomic E-state index is -0.413. The van der Waals surface area contributed by atoms with Crippen LogP contribution in [-0.4, -0.2) is 43.6 Å². The molecule has 2 rings (SSSR count). The molecule has 1 aliphatic rings. The van der Waals surface area contributed by atoms with Crippen molar-refractivity contribution in [1.82, 2.24) is 25.0 Å². The smallest absolute Gasteiger partial charge is 0.246 e. The highest BCUT2D eigenvalue weighted by atomic mass is 16.2. The maximum absolute atomic E-state index is 12.6. The van der Waals surface area contributed by atoms with Crippen LogP contribution in [0.2, 0.25) is 0 Å². The normalized spacial score (nSPS) is 22.5. The average molecular weight is 293 g/mol. The molecule has 2 heterocycles. The number of amides is 2. The number of aryl methyl sites for hydroxylation is 1. The number of hydrogen-bond acceptors (Lipinski definition) is 4. The van der Waals surface area contributed by atoms with Gasteiger partial charge in [0.2, 0.25) is 11.8 Å². The van der Waals surface area contributed by atoms with E-state index in [2.05, 4.69) is 15.4 Å². The molecule has 0 bridgehead atoms. The minimum Gasteiger partial charge on any atom is -0.343 e. The molecule has 1 aliphatic heterocycles. The van der Waals surface area contributed by atoms with Gasteiger partial charge in [0.05, 0.1) is 6.54 Å². The van der Waals surface area contributed by atoms with Gasteiger partial charge in [0.15, 0.2) is 0 Å². The van der Waals surface area contributed by atoms with Crippen molar-refractivity contribution in [3.8, 4) is 0 Å². The van der Waals surface area contributed by atoms with Crippen molar-refractivity contribution in [2.75, 3.05) is 0 Å². The second-order valence-electron chi connectivity index (χ2n) is 5.42. The molecular weight excluding hydrogens is 270 g/mol. The van der Waals surface area contributed by atoms with Gasteiger partial charge in [-0.25, -0.2) is 4.98 Å². The second kappa shape index (κ2) is 6.69. The minimum absolute atomic E-state index is 0.0158. The van der Waals surface area contributed by atoms with Crippen LogP contribution in [0, 0.1) is 0 Å². The first-order valence-electron chi connectivity index (χ1n) is 7.52. The third-order valence-corrected chi connectivity index (χ3v) is 3.83. The molecule has 2 amide bonds. The quantitative estimate of drug-likeness (QED) is 0.833. The molecule has 2 atom stereocenters. The van der Waals surface area contributed by atoms with Crippen molar-refractivity contribution in [2.45, 2.75) is 58.2 Å². The van der Waals surface area contributed by atoms with E-state index in [1.807, 2.05) is 13.8 Å². The Labute approximate surface area is 124 Å². The van der Waals surface area contributed by atoms with Gasteiger partial charge in [-0.15, -0.1) is 0 Å². The third-order valence-electron chi connectivity index (χ3n) is 3.83. The first-order chi connectivity index (χ1) is 10.1. The molecule has 1 aromatic heterocycles. The monoisotopic (exact) mass is 293 g/mol. The molecule has 1 aromatic rings. The van der Waals surface area contributed by atoms with Crippen molar-refractivity contribution in [3.05, 3.63) is 12.2 Å². The standard InChI is InChI=1S/C14H23N5O2/c1-4-6-10-14(21)19(8-12-15-9-16-18(12)3)11(7-5-2)13(20)17-10/h9-11H,4-8H2,1-3H3,(H,17,20). The van der Waals surface area contributed by atoms with Crippen molar-refractivity contribution in [1.29, 1.82) is 0 Å². The molecule has 0 aliphatic carbocycles. The molecule has 7 heteroatoms. The maximum Gasteiger partial charge on any atom is 0.246 e. The summed E-state index contributed by atoms with van der Waals surface area (Å²) >= 11 is 0. The molecule has 7 nitrogen and oxygen atoms in total. The van der Waals surface area contributed by atoms with Crippen LogP contribution >= 0.6 is 0 Å². The van der Waals surface area contributed by atoms with Crippen LogP contribution in [0.25, 0.3) is 0 Å². The fourth-order valence-corrected chi connectivity index (χ4v) is 2.67. The number of carbonyl (C=O) groups excluding carboxylic acids is 2. The van der Waals surface area contributed by atoms with E-state index >= 15 is 0 Å². The number of carbonyl (C=O) groups is 2. The van der Waals surface area contributed by atoms with Gasteiger partial charge in [0.25, 0.3) is 0 Å². The summed E-state index contributed by atoms with van der Waals surface area (Å²) in [6.07, 6.45) is 4.49.